The fraction of sp³-hybridized carbons (Fsp3) is 0.200. The molecular formula is C25H23N3O6S. The van der Waals surface area contributed by atoms with Crippen LogP contribution in [0.2, 0.25) is 0 Å². The Morgan fingerprint density at radius 3 is 2.54 bits per heavy atom. The number of benzene rings is 3. The number of ether oxygens (including phenoxy) is 2. The van der Waals surface area contributed by atoms with Crippen LogP contribution in [0.4, 0.5) is 5.69 Å². The predicted octanol–water partition coefficient (Wildman–Crippen LogP) is 3.78. The van der Waals surface area contributed by atoms with Crippen molar-refractivity contribution in [3.8, 4) is 17.1 Å². The van der Waals surface area contributed by atoms with E-state index in [1.54, 1.807) is 24.3 Å². The Bertz CT molecular complexity index is 1480. The quantitative estimate of drug-likeness (QED) is 0.435. The number of carbonyl (C=O) groups is 1. The molecule has 35 heavy (non-hydrogen) atoms. The van der Waals surface area contributed by atoms with Gasteiger partial charge in [-0.2, -0.15) is 4.31 Å². The Hall–Kier alpha value is -3.73. The Labute approximate surface area is 202 Å². The summed E-state index contributed by atoms with van der Waals surface area (Å²) in [6.07, 6.45) is 0. The van der Waals surface area contributed by atoms with Crippen LogP contribution in [0.3, 0.4) is 0 Å². The molecule has 9 nitrogen and oxygen atoms in total. The molecule has 3 aromatic carbocycles. The van der Waals surface area contributed by atoms with Crippen molar-refractivity contribution in [1.82, 2.24) is 9.46 Å². The minimum Gasteiger partial charge on any atom is -0.495 e. The number of methoxy groups -OCH3 is 1. The Morgan fingerprint density at radius 2 is 1.80 bits per heavy atom. The van der Waals surface area contributed by atoms with E-state index in [1.165, 1.54) is 23.5 Å². The SMILES string of the molecule is COc1ccc(NC(=O)c2ccc3noc(-c4ccccc4)c3c2)cc1S(=O)(=O)N1CCOCC1. The summed E-state index contributed by atoms with van der Waals surface area (Å²) in [5.74, 6) is 0.374. The number of carbonyl (C=O) groups excluding carboxylic acids is 1. The molecule has 0 saturated carbocycles. The summed E-state index contributed by atoms with van der Waals surface area (Å²) in [4.78, 5) is 13.1. The van der Waals surface area contributed by atoms with Crippen molar-refractivity contribution < 1.29 is 27.2 Å². The van der Waals surface area contributed by atoms with E-state index in [2.05, 4.69) is 10.5 Å². The van der Waals surface area contributed by atoms with Gasteiger partial charge in [-0.3, -0.25) is 4.79 Å². The number of aromatic nitrogens is 1. The van der Waals surface area contributed by atoms with E-state index in [1.807, 2.05) is 30.3 Å². The number of hydrogen-bond acceptors (Lipinski definition) is 7. The molecule has 1 N–H and O–H groups in total. The topological polar surface area (TPSA) is 111 Å². The number of morpholine rings is 1. The van der Waals surface area contributed by atoms with Crippen LogP contribution < -0.4 is 10.1 Å². The van der Waals surface area contributed by atoms with Gasteiger partial charge < -0.3 is 19.3 Å². The third-order valence-corrected chi connectivity index (χ3v) is 7.70. The molecule has 0 spiro atoms. The van der Waals surface area contributed by atoms with Crippen molar-refractivity contribution in [2.45, 2.75) is 4.90 Å². The fourth-order valence-corrected chi connectivity index (χ4v) is 5.56. The monoisotopic (exact) mass is 493 g/mol. The van der Waals surface area contributed by atoms with Crippen LogP contribution in [0.5, 0.6) is 5.75 Å². The second kappa shape index (κ2) is 9.49. The Kier molecular flexibility index (Phi) is 6.25. The number of sulfonamides is 1. The van der Waals surface area contributed by atoms with Crippen molar-refractivity contribution in [2.24, 2.45) is 0 Å². The van der Waals surface area contributed by atoms with Gasteiger partial charge in [-0.15, -0.1) is 0 Å². The highest BCUT2D eigenvalue weighted by atomic mass is 32.2. The second-order valence-electron chi connectivity index (χ2n) is 7.95. The van der Waals surface area contributed by atoms with Gasteiger partial charge in [0.1, 0.15) is 16.2 Å². The van der Waals surface area contributed by atoms with Crippen LogP contribution in [0, 0.1) is 0 Å². The lowest BCUT2D eigenvalue weighted by Gasteiger charge is -2.26. The summed E-state index contributed by atoms with van der Waals surface area (Å²) in [5, 5.41) is 7.57. The average Bonchev–Trinajstić information content (AvgIpc) is 3.33. The van der Waals surface area contributed by atoms with Crippen molar-refractivity contribution >= 4 is 32.5 Å². The largest absolute Gasteiger partial charge is 0.495 e. The lowest BCUT2D eigenvalue weighted by atomic mass is 10.1. The number of anilines is 1. The summed E-state index contributed by atoms with van der Waals surface area (Å²) in [6, 6.07) is 19.1. The van der Waals surface area contributed by atoms with Crippen LogP contribution in [-0.4, -0.2) is 57.2 Å². The van der Waals surface area contributed by atoms with Crippen LogP contribution in [0.1, 0.15) is 10.4 Å². The zero-order valence-corrected chi connectivity index (χ0v) is 19.7. The van der Waals surface area contributed by atoms with Gasteiger partial charge in [0.25, 0.3) is 5.91 Å². The first kappa shape index (κ1) is 23.0. The Morgan fingerprint density at radius 1 is 1.03 bits per heavy atom. The minimum atomic E-state index is -3.83. The van der Waals surface area contributed by atoms with E-state index in [4.69, 9.17) is 14.0 Å². The molecule has 0 bridgehead atoms. The van der Waals surface area contributed by atoms with Crippen LogP contribution in [0.15, 0.2) is 76.1 Å². The molecule has 1 fully saturated rings. The molecule has 4 aromatic rings. The average molecular weight is 494 g/mol. The van der Waals surface area contributed by atoms with E-state index in [9.17, 15) is 13.2 Å². The molecule has 0 atom stereocenters. The molecule has 10 heteroatoms. The minimum absolute atomic E-state index is 0.0134. The molecular weight excluding hydrogens is 470 g/mol. The standard InChI is InChI=1S/C25H23N3O6S/c1-32-22-10-8-19(16-23(22)35(30,31)28-11-13-33-14-12-28)26-25(29)18-7-9-21-20(15-18)24(34-27-21)17-5-3-2-4-6-17/h2-10,15-16H,11-14H2,1H3,(H,26,29). The van der Waals surface area contributed by atoms with Gasteiger partial charge in [0.15, 0.2) is 5.76 Å². The third-order valence-electron chi connectivity index (χ3n) is 5.78. The number of amides is 1. The zero-order chi connectivity index (χ0) is 24.4. The number of fused-ring (bicyclic) bond motifs is 1. The van der Waals surface area contributed by atoms with Crippen molar-refractivity contribution in [1.29, 1.82) is 0 Å². The number of rotatable bonds is 6. The van der Waals surface area contributed by atoms with E-state index < -0.39 is 15.9 Å². The molecule has 1 aliphatic heterocycles. The van der Waals surface area contributed by atoms with E-state index in [-0.39, 0.29) is 23.7 Å². The molecule has 0 aliphatic carbocycles. The summed E-state index contributed by atoms with van der Waals surface area (Å²) in [5.41, 5.74) is 2.19. The number of hydrogen-bond donors (Lipinski definition) is 1. The van der Waals surface area contributed by atoms with Crippen LogP contribution in [-0.2, 0) is 14.8 Å². The Balaban J connectivity index is 1.44. The maximum absolute atomic E-state index is 13.2. The maximum Gasteiger partial charge on any atom is 0.255 e. The highest BCUT2D eigenvalue weighted by molar-refractivity contribution is 7.89. The molecule has 1 aromatic heterocycles. The van der Waals surface area contributed by atoms with Crippen molar-refractivity contribution in [3.05, 3.63) is 72.3 Å². The molecule has 2 heterocycles. The molecule has 1 amide bonds. The molecule has 1 aliphatic rings. The highest BCUT2D eigenvalue weighted by Crippen LogP contribution is 2.32. The highest BCUT2D eigenvalue weighted by Gasteiger charge is 2.29. The molecule has 180 valence electrons. The first-order valence-corrected chi connectivity index (χ1v) is 12.4. The van der Waals surface area contributed by atoms with Gasteiger partial charge in [0, 0.05) is 29.9 Å². The van der Waals surface area contributed by atoms with E-state index >= 15 is 0 Å². The number of nitrogens with zero attached hydrogens (tertiary/aromatic N) is 2. The molecule has 5 rings (SSSR count). The van der Waals surface area contributed by atoms with Crippen molar-refractivity contribution in [2.75, 3.05) is 38.7 Å². The van der Waals surface area contributed by atoms with Gasteiger partial charge in [-0.25, -0.2) is 8.42 Å². The van der Waals surface area contributed by atoms with Gasteiger partial charge in [0.2, 0.25) is 10.0 Å². The smallest absolute Gasteiger partial charge is 0.255 e. The summed E-state index contributed by atoms with van der Waals surface area (Å²) in [6.45, 7) is 1.16. The number of nitrogens with one attached hydrogen (secondary N) is 1. The van der Waals surface area contributed by atoms with Gasteiger partial charge in [0.05, 0.1) is 25.7 Å². The normalized spacial score (nSPS) is 14.7. The van der Waals surface area contributed by atoms with Gasteiger partial charge in [-0.1, -0.05) is 35.5 Å². The second-order valence-corrected chi connectivity index (χ2v) is 9.85. The summed E-state index contributed by atoms with van der Waals surface area (Å²) >= 11 is 0. The third kappa shape index (κ3) is 4.51. The summed E-state index contributed by atoms with van der Waals surface area (Å²) < 4.78 is 43.9. The van der Waals surface area contributed by atoms with Gasteiger partial charge >= 0.3 is 0 Å². The maximum atomic E-state index is 13.2. The summed E-state index contributed by atoms with van der Waals surface area (Å²) in [7, 11) is -2.42. The zero-order valence-electron chi connectivity index (χ0n) is 18.9. The molecule has 0 unspecified atom stereocenters. The predicted molar refractivity (Wildman–Crippen MR) is 130 cm³/mol. The van der Waals surface area contributed by atoms with Crippen LogP contribution >= 0.6 is 0 Å². The molecule has 1 saturated heterocycles. The molecule has 0 radical (unpaired) electrons. The fourth-order valence-electron chi connectivity index (χ4n) is 3.97. The van der Waals surface area contributed by atoms with Gasteiger partial charge in [-0.05, 0) is 36.4 Å². The van der Waals surface area contributed by atoms with Crippen molar-refractivity contribution in [3.63, 3.8) is 0 Å². The first-order chi connectivity index (χ1) is 17.0. The lowest BCUT2D eigenvalue weighted by molar-refractivity contribution is 0.0729. The first-order valence-electron chi connectivity index (χ1n) is 11.0. The lowest BCUT2D eigenvalue weighted by Crippen LogP contribution is -2.40. The van der Waals surface area contributed by atoms with Crippen LogP contribution in [0.25, 0.3) is 22.2 Å². The van der Waals surface area contributed by atoms with E-state index in [0.717, 1.165) is 5.56 Å². The van der Waals surface area contributed by atoms with E-state index in [0.29, 0.717) is 41.1 Å².